The molecule has 1 N–H and O–H groups in total. The third-order valence-corrected chi connectivity index (χ3v) is 3.04. The van der Waals surface area contributed by atoms with E-state index < -0.39 is 0 Å². The van der Waals surface area contributed by atoms with Crippen molar-refractivity contribution >= 4 is 11.4 Å². The van der Waals surface area contributed by atoms with Gasteiger partial charge in [0.05, 0.1) is 11.5 Å². The lowest BCUT2D eigenvalue weighted by Gasteiger charge is -2.23. The van der Waals surface area contributed by atoms with Crippen molar-refractivity contribution in [3.63, 3.8) is 0 Å². The molecule has 0 spiro atoms. The summed E-state index contributed by atoms with van der Waals surface area (Å²) in [5.74, 6) is 0. The van der Waals surface area contributed by atoms with Gasteiger partial charge in [-0.15, -0.1) is 0 Å². The molecule has 0 heterocycles. The van der Waals surface area contributed by atoms with E-state index in [1.54, 1.807) is 13.0 Å². The van der Waals surface area contributed by atoms with Crippen LogP contribution in [0.4, 0.5) is 11.4 Å². The Balaban J connectivity index is 2.25. The summed E-state index contributed by atoms with van der Waals surface area (Å²) in [5, 5.41) is 19.8. The van der Waals surface area contributed by atoms with Gasteiger partial charge in [-0.05, 0) is 31.9 Å². The second-order valence-corrected chi connectivity index (χ2v) is 4.38. The van der Waals surface area contributed by atoms with Crippen molar-refractivity contribution in [2.45, 2.75) is 25.8 Å². The van der Waals surface area contributed by atoms with E-state index >= 15 is 0 Å². The van der Waals surface area contributed by atoms with Gasteiger partial charge >= 0.3 is 0 Å². The maximum Gasteiger partial charge on any atom is 0.272 e. The summed E-state index contributed by atoms with van der Waals surface area (Å²) in [6, 6.07) is 5.62. The van der Waals surface area contributed by atoms with Crippen molar-refractivity contribution in [3.8, 4) is 0 Å². The highest BCUT2D eigenvalue weighted by Gasteiger charge is 2.29. The molecule has 1 aliphatic rings. The van der Waals surface area contributed by atoms with Crippen LogP contribution in [0.1, 0.15) is 18.4 Å². The molecule has 0 aliphatic heterocycles. The number of hydrogen-bond acceptors (Lipinski definition) is 4. The molecule has 0 aromatic heterocycles. The van der Waals surface area contributed by atoms with Gasteiger partial charge in [-0.25, -0.2) is 0 Å². The average Bonchev–Trinajstić information content (AvgIpc) is 3.09. The van der Waals surface area contributed by atoms with Gasteiger partial charge in [0.15, 0.2) is 0 Å². The van der Waals surface area contributed by atoms with E-state index in [-0.39, 0.29) is 17.2 Å². The van der Waals surface area contributed by atoms with E-state index in [4.69, 9.17) is 5.11 Å². The second-order valence-electron chi connectivity index (χ2n) is 4.38. The minimum Gasteiger partial charge on any atom is -0.395 e. The lowest BCUT2D eigenvalue weighted by atomic mass is 10.1. The molecule has 5 heteroatoms. The Hall–Kier alpha value is -1.62. The van der Waals surface area contributed by atoms with E-state index in [0.29, 0.717) is 18.2 Å². The number of aliphatic hydroxyl groups excluding tert-OH is 1. The van der Waals surface area contributed by atoms with Gasteiger partial charge < -0.3 is 10.0 Å². The molecule has 0 unspecified atom stereocenters. The second kappa shape index (κ2) is 4.71. The summed E-state index contributed by atoms with van der Waals surface area (Å²) in [5.41, 5.74) is 1.77. The first-order valence-electron chi connectivity index (χ1n) is 5.76. The molecule has 17 heavy (non-hydrogen) atoms. The third-order valence-electron chi connectivity index (χ3n) is 3.04. The lowest BCUT2D eigenvalue weighted by molar-refractivity contribution is -0.385. The number of benzene rings is 1. The Kier molecular flexibility index (Phi) is 3.28. The van der Waals surface area contributed by atoms with E-state index in [9.17, 15) is 10.1 Å². The van der Waals surface area contributed by atoms with Crippen molar-refractivity contribution in [2.24, 2.45) is 0 Å². The Bertz CT molecular complexity index is 430. The quantitative estimate of drug-likeness (QED) is 0.626. The first kappa shape index (κ1) is 11.9. The molecule has 1 saturated carbocycles. The zero-order chi connectivity index (χ0) is 12.4. The van der Waals surface area contributed by atoms with Crippen LogP contribution in [0, 0.1) is 17.0 Å². The minimum atomic E-state index is -0.368. The normalized spacial score (nSPS) is 14.7. The fourth-order valence-corrected chi connectivity index (χ4v) is 2.04. The zero-order valence-electron chi connectivity index (χ0n) is 9.80. The molecule has 0 saturated heterocycles. The molecule has 0 bridgehead atoms. The smallest absolute Gasteiger partial charge is 0.272 e. The number of aliphatic hydroxyl groups is 1. The van der Waals surface area contributed by atoms with Gasteiger partial charge in [-0.2, -0.15) is 0 Å². The van der Waals surface area contributed by atoms with Crippen LogP contribution in [0.15, 0.2) is 18.2 Å². The fourth-order valence-electron chi connectivity index (χ4n) is 2.04. The summed E-state index contributed by atoms with van der Waals surface area (Å²) >= 11 is 0. The van der Waals surface area contributed by atoms with Gasteiger partial charge in [0.1, 0.15) is 0 Å². The standard InChI is InChI=1S/C12H16N2O3/c1-9-8-11(4-5-12(9)14(16)17)13(6-7-15)10-2-3-10/h4-5,8,10,15H,2-3,6-7H2,1H3. The highest BCUT2D eigenvalue weighted by molar-refractivity contribution is 5.56. The molecule has 0 amide bonds. The summed E-state index contributed by atoms with van der Waals surface area (Å²) in [4.78, 5) is 12.5. The molecular weight excluding hydrogens is 220 g/mol. The maximum atomic E-state index is 10.7. The van der Waals surface area contributed by atoms with Crippen LogP contribution in [0.25, 0.3) is 0 Å². The van der Waals surface area contributed by atoms with Crippen molar-refractivity contribution in [2.75, 3.05) is 18.1 Å². The molecule has 2 rings (SSSR count). The van der Waals surface area contributed by atoms with Crippen LogP contribution >= 0.6 is 0 Å². The molecular formula is C12H16N2O3. The Morgan fingerprint density at radius 2 is 2.24 bits per heavy atom. The topological polar surface area (TPSA) is 66.6 Å². The summed E-state index contributed by atoms with van der Waals surface area (Å²) in [6.45, 7) is 2.43. The van der Waals surface area contributed by atoms with Crippen molar-refractivity contribution in [3.05, 3.63) is 33.9 Å². The number of anilines is 1. The monoisotopic (exact) mass is 236 g/mol. The Labute approximate surface area is 99.8 Å². The summed E-state index contributed by atoms with van der Waals surface area (Å²) < 4.78 is 0. The van der Waals surface area contributed by atoms with Crippen molar-refractivity contribution < 1.29 is 10.0 Å². The van der Waals surface area contributed by atoms with Crippen LogP contribution in [0.5, 0.6) is 0 Å². The highest BCUT2D eigenvalue weighted by Crippen LogP contribution is 2.33. The maximum absolute atomic E-state index is 10.7. The molecule has 92 valence electrons. The van der Waals surface area contributed by atoms with E-state index in [1.165, 1.54) is 6.07 Å². The first-order chi connectivity index (χ1) is 8.13. The van der Waals surface area contributed by atoms with Crippen molar-refractivity contribution in [1.29, 1.82) is 0 Å². The lowest BCUT2D eigenvalue weighted by Crippen LogP contribution is -2.28. The Morgan fingerprint density at radius 1 is 1.53 bits per heavy atom. The van der Waals surface area contributed by atoms with Crippen LogP contribution in [0.2, 0.25) is 0 Å². The molecule has 0 radical (unpaired) electrons. The van der Waals surface area contributed by atoms with Crippen LogP contribution in [-0.4, -0.2) is 29.2 Å². The summed E-state index contributed by atoms with van der Waals surface area (Å²) in [7, 11) is 0. The molecule has 1 aromatic rings. The molecule has 0 atom stereocenters. The highest BCUT2D eigenvalue weighted by atomic mass is 16.6. The predicted molar refractivity (Wildman–Crippen MR) is 65.3 cm³/mol. The van der Waals surface area contributed by atoms with E-state index in [1.807, 2.05) is 6.07 Å². The Morgan fingerprint density at radius 3 is 2.71 bits per heavy atom. The van der Waals surface area contributed by atoms with Gasteiger partial charge in [-0.3, -0.25) is 10.1 Å². The largest absolute Gasteiger partial charge is 0.395 e. The first-order valence-corrected chi connectivity index (χ1v) is 5.76. The third kappa shape index (κ3) is 2.55. The van der Waals surface area contributed by atoms with Crippen LogP contribution < -0.4 is 4.90 Å². The molecule has 1 aliphatic carbocycles. The number of nitrogens with zero attached hydrogens (tertiary/aromatic N) is 2. The van der Waals surface area contributed by atoms with Crippen molar-refractivity contribution in [1.82, 2.24) is 0 Å². The van der Waals surface area contributed by atoms with Gasteiger partial charge in [0, 0.05) is 29.9 Å². The van der Waals surface area contributed by atoms with Gasteiger partial charge in [0.25, 0.3) is 5.69 Å². The van der Waals surface area contributed by atoms with Crippen LogP contribution in [-0.2, 0) is 0 Å². The van der Waals surface area contributed by atoms with Gasteiger partial charge in [-0.1, -0.05) is 0 Å². The predicted octanol–water partition coefficient (Wildman–Crippen LogP) is 1.86. The number of nitro benzene ring substituents is 1. The molecule has 1 fully saturated rings. The zero-order valence-corrected chi connectivity index (χ0v) is 9.80. The minimum absolute atomic E-state index is 0.104. The van der Waals surface area contributed by atoms with Crippen LogP contribution in [0.3, 0.4) is 0 Å². The summed E-state index contributed by atoms with van der Waals surface area (Å²) in [6.07, 6.45) is 2.27. The number of rotatable bonds is 5. The van der Waals surface area contributed by atoms with E-state index in [0.717, 1.165) is 18.5 Å². The SMILES string of the molecule is Cc1cc(N(CCO)C2CC2)ccc1[N+](=O)[O-]. The van der Waals surface area contributed by atoms with Gasteiger partial charge in [0.2, 0.25) is 0 Å². The molecule has 5 nitrogen and oxygen atoms in total. The average molecular weight is 236 g/mol. The number of hydrogen-bond donors (Lipinski definition) is 1. The number of nitro groups is 1. The fraction of sp³-hybridized carbons (Fsp3) is 0.500. The van der Waals surface area contributed by atoms with E-state index in [2.05, 4.69) is 4.90 Å². The number of aryl methyl sites for hydroxylation is 1. The molecule has 1 aromatic carbocycles.